The standard InChI is InChI=1S/C13H23N3O2S/c1-4-9(6-17)15-11(18)5-10-7-19-13(16-10)12(14)8(2)3/h7-9,12,17H,4-6,14H2,1-3H3,(H,15,18). The van der Waals surface area contributed by atoms with E-state index in [1.54, 1.807) is 0 Å². The van der Waals surface area contributed by atoms with E-state index in [0.29, 0.717) is 12.3 Å². The summed E-state index contributed by atoms with van der Waals surface area (Å²) in [5.41, 5.74) is 6.76. The molecule has 0 fully saturated rings. The maximum atomic E-state index is 11.8. The maximum absolute atomic E-state index is 11.8. The molecule has 108 valence electrons. The Balaban J connectivity index is 2.56. The van der Waals surface area contributed by atoms with Gasteiger partial charge in [0.15, 0.2) is 0 Å². The van der Waals surface area contributed by atoms with Gasteiger partial charge in [0.1, 0.15) is 5.01 Å². The van der Waals surface area contributed by atoms with Crippen molar-refractivity contribution >= 4 is 17.2 Å². The number of thiazole rings is 1. The Kier molecular flexibility index (Phi) is 6.41. The third-order valence-electron chi connectivity index (χ3n) is 2.99. The second-order valence-corrected chi connectivity index (χ2v) is 5.87. The number of aliphatic hydroxyl groups is 1. The van der Waals surface area contributed by atoms with E-state index in [1.165, 1.54) is 11.3 Å². The predicted octanol–water partition coefficient (Wildman–Crippen LogP) is 1.23. The normalized spacial score (nSPS) is 14.4. The van der Waals surface area contributed by atoms with Gasteiger partial charge in [-0.3, -0.25) is 4.79 Å². The minimum atomic E-state index is -0.177. The van der Waals surface area contributed by atoms with Crippen LogP contribution >= 0.6 is 11.3 Å². The summed E-state index contributed by atoms with van der Waals surface area (Å²) in [7, 11) is 0. The Morgan fingerprint density at radius 3 is 2.79 bits per heavy atom. The van der Waals surface area contributed by atoms with Gasteiger partial charge in [0.05, 0.1) is 30.8 Å². The van der Waals surface area contributed by atoms with Crippen LogP contribution in [-0.4, -0.2) is 28.6 Å². The van der Waals surface area contributed by atoms with E-state index in [9.17, 15) is 4.79 Å². The van der Waals surface area contributed by atoms with E-state index in [1.807, 2.05) is 26.2 Å². The van der Waals surface area contributed by atoms with Crippen LogP contribution in [0.2, 0.25) is 0 Å². The fourth-order valence-corrected chi connectivity index (χ4v) is 2.55. The van der Waals surface area contributed by atoms with Gasteiger partial charge in [-0.2, -0.15) is 0 Å². The SMILES string of the molecule is CCC(CO)NC(=O)Cc1csc(C(N)C(C)C)n1. The van der Waals surface area contributed by atoms with Crippen LogP contribution in [0.4, 0.5) is 0 Å². The highest BCUT2D eigenvalue weighted by atomic mass is 32.1. The van der Waals surface area contributed by atoms with Crippen molar-refractivity contribution in [1.82, 2.24) is 10.3 Å². The van der Waals surface area contributed by atoms with Crippen molar-refractivity contribution in [2.45, 2.75) is 45.7 Å². The fraction of sp³-hybridized carbons (Fsp3) is 0.692. The molecule has 2 atom stereocenters. The number of nitrogens with zero attached hydrogens (tertiary/aromatic N) is 1. The average Bonchev–Trinajstić information content (AvgIpc) is 2.83. The number of aromatic nitrogens is 1. The molecule has 0 aliphatic heterocycles. The first-order valence-corrected chi connectivity index (χ1v) is 7.46. The number of hydrogen-bond donors (Lipinski definition) is 3. The van der Waals surface area contributed by atoms with Crippen LogP contribution in [0.3, 0.4) is 0 Å². The summed E-state index contributed by atoms with van der Waals surface area (Å²) in [6, 6.07) is -0.258. The molecule has 2 unspecified atom stereocenters. The van der Waals surface area contributed by atoms with Crippen molar-refractivity contribution in [2.75, 3.05) is 6.61 Å². The minimum absolute atomic E-state index is 0.0389. The molecule has 1 amide bonds. The zero-order valence-corrected chi connectivity index (χ0v) is 12.5. The monoisotopic (exact) mass is 285 g/mol. The molecule has 0 aliphatic rings. The van der Waals surface area contributed by atoms with Crippen molar-refractivity contribution in [3.63, 3.8) is 0 Å². The first-order chi connectivity index (χ1) is 8.97. The molecule has 0 saturated carbocycles. The largest absolute Gasteiger partial charge is 0.394 e. The van der Waals surface area contributed by atoms with Gasteiger partial charge in [-0.05, 0) is 12.3 Å². The van der Waals surface area contributed by atoms with Gasteiger partial charge in [-0.1, -0.05) is 20.8 Å². The first kappa shape index (κ1) is 16.1. The number of aliphatic hydroxyl groups excluding tert-OH is 1. The molecular weight excluding hydrogens is 262 g/mol. The molecule has 0 saturated heterocycles. The molecule has 0 aliphatic carbocycles. The van der Waals surface area contributed by atoms with Crippen molar-refractivity contribution in [3.8, 4) is 0 Å². The van der Waals surface area contributed by atoms with Crippen molar-refractivity contribution in [3.05, 3.63) is 16.1 Å². The lowest BCUT2D eigenvalue weighted by atomic mass is 10.1. The molecule has 4 N–H and O–H groups in total. The van der Waals surface area contributed by atoms with Crippen LogP contribution in [0.5, 0.6) is 0 Å². The number of amides is 1. The number of nitrogens with two attached hydrogens (primary N) is 1. The smallest absolute Gasteiger partial charge is 0.226 e. The third kappa shape index (κ3) is 4.89. The molecule has 0 spiro atoms. The van der Waals surface area contributed by atoms with Crippen LogP contribution in [0.25, 0.3) is 0 Å². The van der Waals surface area contributed by atoms with Gasteiger partial charge in [-0.25, -0.2) is 4.98 Å². The van der Waals surface area contributed by atoms with Gasteiger partial charge < -0.3 is 16.2 Å². The predicted molar refractivity (Wildman–Crippen MR) is 76.9 cm³/mol. The van der Waals surface area contributed by atoms with E-state index in [4.69, 9.17) is 10.8 Å². The number of rotatable bonds is 7. The van der Waals surface area contributed by atoms with E-state index in [0.717, 1.165) is 10.7 Å². The molecule has 5 nitrogen and oxygen atoms in total. The zero-order chi connectivity index (χ0) is 14.4. The lowest BCUT2D eigenvalue weighted by Gasteiger charge is -2.13. The average molecular weight is 285 g/mol. The Hall–Kier alpha value is -0.980. The van der Waals surface area contributed by atoms with E-state index in [2.05, 4.69) is 10.3 Å². The van der Waals surface area contributed by atoms with E-state index in [-0.39, 0.29) is 31.0 Å². The van der Waals surface area contributed by atoms with Crippen LogP contribution < -0.4 is 11.1 Å². The molecule has 1 aromatic rings. The fourth-order valence-electron chi connectivity index (χ4n) is 1.56. The van der Waals surface area contributed by atoms with Gasteiger partial charge in [-0.15, -0.1) is 11.3 Å². The Morgan fingerprint density at radius 1 is 1.58 bits per heavy atom. The molecule has 1 heterocycles. The molecule has 0 aromatic carbocycles. The molecule has 6 heteroatoms. The van der Waals surface area contributed by atoms with Gasteiger partial charge in [0.2, 0.25) is 5.91 Å². The molecular formula is C13H23N3O2S. The van der Waals surface area contributed by atoms with Gasteiger partial charge in [0.25, 0.3) is 0 Å². The number of hydrogen-bond acceptors (Lipinski definition) is 5. The van der Waals surface area contributed by atoms with Crippen molar-refractivity contribution in [1.29, 1.82) is 0 Å². The van der Waals surface area contributed by atoms with E-state index < -0.39 is 0 Å². The molecule has 0 bridgehead atoms. The summed E-state index contributed by atoms with van der Waals surface area (Å²) in [6.07, 6.45) is 0.945. The summed E-state index contributed by atoms with van der Waals surface area (Å²) in [5, 5.41) is 14.5. The minimum Gasteiger partial charge on any atom is -0.394 e. The summed E-state index contributed by atoms with van der Waals surface area (Å²) >= 11 is 1.49. The summed E-state index contributed by atoms with van der Waals surface area (Å²) in [6.45, 7) is 5.98. The van der Waals surface area contributed by atoms with Gasteiger partial charge >= 0.3 is 0 Å². The third-order valence-corrected chi connectivity index (χ3v) is 3.99. The highest BCUT2D eigenvalue weighted by Crippen LogP contribution is 2.22. The molecule has 19 heavy (non-hydrogen) atoms. The van der Waals surface area contributed by atoms with Crippen LogP contribution in [0.15, 0.2) is 5.38 Å². The van der Waals surface area contributed by atoms with Crippen LogP contribution in [0.1, 0.15) is 43.9 Å². The second-order valence-electron chi connectivity index (χ2n) is 4.98. The van der Waals surface area contributed by atoms with Crippen LogP contribution in [-0.2, 0) is 11.2 Å². The van der Waals surface area contributed by atoms with Gasteiger partial charge in [0, 0.05) is 5.38 Å². The highest BCUT2D eigenvalue weighted by Gasteiger charge is 2.16. The lowest BCUT2D eigenvalue weighted by Crippen LogP contribution is -2.37. The first-order valence-electron chi connectivity index (χ1n) is 6.58. The zero-order valence-electron chi connectivity index (χ0n) is 11.7. The molecule has 1 aromatic heterocycles. The number of carbonyl (C=O) groups is 1. The summed E-state index contributed by atoms with van der Waals surface area (Å²) in [5.74, 6) is 0.211. The second kappa shape index (κ2) is 7.57. The Labute approximate surface area is 118 Å². The van der Waals surface area contributed by atoms with Crippen molar-refractivity contribution < 1.29 is 9.90 Å². The maximum Gasteiger partial charge on any atom is 0.226 e. The summed E-state index contributed by atoms with van der Waals surface area (Å²) in [4.78, 5) is 16.2. The number of nitrogens with one attached hydrogen (secondary N) is 1. The Bertz CT molecular complexity index is 402. The topological polar surface area (TPSA) is 88.2 Å². The quantitative estimate of drug-likeness (QED) is 0.703. The lowest BCUT2D eigenvalue weighted by molar-refractivity contribution is -0.121. The molecule has 1 rings (SSSR count). The van der Waals surface area contributed by atoms with Crippen molar-refractivity contribution in [2.24, 2.45) is 11.7 Å². The molecule has 0 radical (unpaired) electrons. The number of carbonyl (C=O) groups excluding carboxylic acids is 1. The Morgan fingerprint density at radius 2 is 2.26 bits per heavy atom. The summed E-state index contributed by atoms with van der Waals surface area (Å²) < 4.78 is 0. The van der Waals surface area contributed by atoms with Crippen LogP contribution in [0, 0.1) is 5.92 Å². The highest BCUT2D eigenvalue weighted by molar-refractivity contribution is 7.09. The van der Waals surface area contributed by atoms with E-state index >= 15 is 0 Å².